The highest BCUT2D eigenvalue weighted by Crippen LogP contribution is 2.35. The van der Waals surface area contributed by atoms with Gasteiger partial charge in [-0.2, -0.15) is 0 Å². The van der Waals surface area contributed by atoms with E-state index >= 15 is 0 Å². The van der Waals surface area contributed by atoms with Gasteiger partial charge in [-0.25, -0.2) is 0 Å². The Balaban J connectivity index is 2.91. The third-order valence-corrected chi connectivity index (χ3v) is 3.19. The Bertz CT molecular complexity index is 533. The van der Waals surface area contributed by atoms with Gasteiger partial charge in [-0.3, -0.25) is 0 Å². The minimum atomic E-state index is 0.120. The van der Waals surface area contributed by atoms with Crippen LogP contribution in [0.3, 0.4) is 0 Å². The fraction of sp³-hybridized carbons (Fsp3) is 0.333. The molecule has 0 bridgehead atoms. The minimum Gasteiger partial charge on any atom is -0.0837 e. The number of fused-ring (bicyclic) bond motifs is 1. The Labute approximate surface area is 102 Å². The second-order valence-corrected chi connectivity index (χ2v) is 5.81. The Morgan fingerprint density at radius 2 is 1.75 bits per heavy atom. The van der Waals surface area contributed by atoms with Crippen molar-refractivity contribution in [3.63, 3.8) is 0 Å². The van der Waals surface area contributed by atoms with Crippen molar-refractivity contribution in [2.24, 2.45) is 0 Å². The maximum atomic E-state index is 6.32. The first kappa shape index (κ1) is 11.5. The SMILES string of the molecule is Cc1cc(C(C)(C)C)c2c(Cl)cccc2c1. The molecular weight excluding hydrogens is 216 g/mol. The number of hydrogen-bond acceptors (Lipinski definition) is 0. The number of hydrogen-bond donors (Lipinski definition) is 0. The van der Waals surface area contributed by atoms with Crippen molar-refractivity contribution in [1.29, 1.82) is 0 Å². The van der Waals surface area contributed by atoms with Crippen molar-refractivity contribution in [3.05, 3.63) is 46.5 Å². The molecule has 0 aliphatic heterocycles. The number of halogens is 1. The molecule has 0 nitrogen and oxygen atoms in total. The highest BCUT2D eigenvalue weighted by atomic mass is 35.5. The van der Waals surface area contributed by atoms with Gasteiger partial charge in [0.1, 0.15) is 0 Å². The number of rotatable bonds is 0. The topological polar surface area (TPSA) is 0 Å². The smallest absolute Gasteiger partial charge is 0.0487 e. The molecule has 84 valence electrons. The summed E-state index contributed by atoms with van der Waals surface area (Å²) in [6, 6.07) is 10.5. The van der Waals surface area contributed by atoms with Crippen LogP contribution in [0.1, 0.15) is 31.9 Å². The summed E-state index contributed by atoms with van der Waals surface area (Å²) in [6.45, 7) is 8.81. The monoisotopic (exact) mass is 232 g/mol. The van der Waals surface area contributed by atoms with E-state index in [1.807, 2.05) is 12.1 Å². The zero-order valence-electron chi connectivity index (χ0n) is 10.3. The molecule has 0 heterocycles. The zero-order valence-corrected chi connectivity index (χ0v) is 11.0. The molecule has 0 aromatic heterocycles. The van der Waals surface area contributed by atoms with E-state index in [2.05, 4.69) is 45.9 Å². The van der Waals surface area contributed by atoms with Gasteiger partial charge in [0.2, 0.25) is 0 Å². The van der Waals surface area contributed by atoms with Gasteiger partial charge >= 0.3 is 0 Å². The van der Waals surface area contributed by atoms with Gasteiger partial charge in [-0.05, 0) is 29.4 Å². The van der Waals surface area contributed by atoms with Crippen molar-refractivity contribution < 1.29 is 0 Å². The van der Waals surface area contributed by atoms with E-state index in [1.54, 1.807) is 0 Å². The predicted molar refractivity (Wildman–Crippen MR) is 72.4 cm³/mol. The van der Waals surface area contributed by atoms with Crippen molar-refractivity contribution in [3.8, 4) is 0 Å². The first-order valence-corrected chi connectivity index (χ1v) is 5.97. The van der Waals surface area contributed by atoms with Crippen LogP contribution in [0, 0.1) is 6.92 Å². The normalized spacial score (nSPS) is 12.1. The van der Waals surface area contributed by atoms with E-state index < -0.39 is 0 Å². The van der Waals surface area contributed by atoms with Crippen LogP contribution in [0.25, 0.3) is 10.8 Å². The molecule has 2 aromatic rings. The van der Waals surface area contributed by atoms with E-state index in [1.165, 1.54) is 21.9 Å². The number of benzene rings is 2. The number of aryl methyl sites for hydroxylation is 1. The second-order valence-electron chi connectivity index (χ2n) is 5.40. The summed E-state index contributed by atoms with van der Waals surface area (Å²) in [5, 5.41) is 3.28. The van der Waals surface area contributed by atoms with E-state index in [0.717, 1.165) is 5.02 Å². The van der Waals surface area contributed by atoms with Crippen LogP contribution in [0.2, 0.25) is 5.02 Å². The highest BCUT2D eigenvalue weighted by Gasteiger charge is 2.18. The van der Waals surface area contributed by atoms with Crippen molar-refractivity contribution >= 4 is 22.4 Å². The van der Waals surface area contributed by atoms with E-state index in [9.17, 15) is 0 Å². The molecule has 0 N–H and O–H groups in total. The van der Waals surface area contributed by atoms with Crippen LogP contribution in [0.15, 0.2) is 30.3 Å². The lowest BCUT2D eigenvalue weighted by molar-refractivity contribution is 0.595. The molecule has 0 saturated carbocycles. The summed E-state index contributed by atoms with van der Waals surface area (Å²) in [5.41, 5.74) is 2.74. The maximum absolute atomic E-state index is 6.32. The van der Waals surface area contributed by atoms with Crippen molar-refractivity contribution in [1.82, 2.24) is 0 Å². The molecule has 0 aliphatic carbocycles. The third kappa shape index (κ3) is 1.94. The molecule has 0 fully saturated rings. The van der Waals surface area contributed by atoms with E-state index in [4.69, 9.17) is 11.6 Å². The summed E-state index contributed by atoms with van der Waals surface area (Å²) >= 11 is 6.32. The van der Waals surface area contributed by atoms with Crippen LogP contribution in [0.4, 0.5) is 0 Å². The summed E-state index contributed by atoms with van der Waals surface area (Å²) < 4.78 is 0. The first-order valence-electron chi connectivity index (χ1n) is 5.59. The molecule has 2 aromatic carbocycles. The summed E-state index contributed by atoms with van der Waals surface area (Å²) in [7, 11) is 0. The molecule has 0 unspecified atom stereocenters. The lowest BCUT2D eigenvalue weighted by atomic mass is 9.83. The first-order chi connectivity index (χ1) is 7.39. The van der Waals surface area contributed by atoms with Gasteiger partial charge in [0, 0.05) is 10.4 Å². The van der Waals surface area contributed by atoms with Crippen LogP contribution >= 0.6 is 11.6 Å². The minimum absolute atomic E-state index is 0.120. The quantitative estimate of drug-likeness (QED) is 0.593. The highest BCUT2D eigenvalue weighted by molar-refractivity contribution is 6.35. The molecular formula is C15H17Cl. The molecule has 2 rings (SSSR count). The van der Waals surface area contributed by atoms with Crippen LogP contribution in [-0.4, -0.2) is 0 Å². The van der Waals surface area contributed by atoms with Gasteiger partial charge in [0.25, 0.3) is 0 Å². The summed E-state index contributed by atoms with van der Waals surface area (Å²) in [4.78, 5) is 0. The van der Waals surface area contributed by atoms with Gasteiger partial charge in [-0.15, -0.1) is 0 Å². The third-order valence-electron chi connectivity index (χ3n) is 2.88. The fourth-order valence-corrected chi connectivity index (χ4v) is 2.41. The van der Waals surface area contributed by atoms with Crippen molar-refractivity contribution in [2.75, 3.05) is 0 Å². The Kier molecular flexibility index (Phi) is 2.71. The summed E-state index contributed by atoms with van der Waals surface area (Å²) in [5.74, 6) is 0. The van der Waals surface area contributed by atoms with E-state index in [-0.39, 0.29) is 5.41 Å². The zero-order chi connectivity index (χ0) is 11.9. The fourth-order valence-electron chi connectivity index (χ4n) is 2.12. The molecule has 0 amide bonds. The summed E-state index contributed by atoms with van der Waals surface area (Å²) in [6.07, 6.45) is 0. The predicted octanol–water partition coefficient (Wildman–Crippen LogP) is 5.10. The maximum Gasteiger partial charge on any atom is 0.0487 e. The Hall–Kier alpha value is -1.01. The van der Waals surface area contributed by atoms with Crippen LogP contribution < -0.4 is 0 Å². The van der Waals surface area contributed by atoms with Gasteiger partial charge in [0.05, 0.1) is 0 Å². The molecule has 0 radical (unpaired) electrons. The lowest BCUT2D eigenvalue weighted by Gasteiger charge is -2.22. The molecule has 16 heavy (non-hydrogen) atoms. The largest absolute Gasteiger partial charge is 0.0837 e. The lowest BCUT2D eigenvalue weighted by Crippen LogP contribution is -2.12. The molecule has 0 atom stereocenters. The molecule has 1 heteroatoms. The van der Waals surface area contributed by atoms with Gasteiger partial charge < -0.3 is 0 Å². The Morgan fingerprint density at radius 3 is 2.38 bits per heavy atom. The average molecular weight is 233 g/mol. The molecule has 0 aliphatic rings. The second kappa shape index (κ2) is 3.78. The standard InChI is InChI=1S/C15H17Cl/c1-10-8-11-6-5-7-13(16)14(11)12(9-10)15(2,3)4/h5-9H,1-4H3. The van der Waals surface area contributed by atoms with Crippen molar-refractivity contribution in [2.45, 2.75) is 33.1 Å². The van der Waals surface area contributed by atoms with Crippen LogP contribution in [-0.2, 0) is 5.41 Å². The van der Waals surface area contributed by atoms with Gasteiger partial charge in [0.15, 0.2) is 0 Å². The average Bonchev–Trinajstić information content (AvgIpc) is 2.15. The van der Waals surface area contributed by atoms with E-state index in [0.29, 0.717) is 0 Å². The van der Waals surface area contributed by atoms with Crippen LogP contribution in [0.5, 0.6) is 0 Å². The van der Waals surface area contributed by atoms with Gasteiger partial charge in [-0.1, -0.05) is 62.2 Å². The molecule has 0 spiro atoms. The molecule has 0 saturated heterocycles. The Morgan fingerprint density at radius 1 is 1.06 bits per heavy atom.